The predicted octanol–water partition coefficient (Wildman–Crippen LogP) is 5.22. The van der Waals surface area contributed by atoms with Crippen LogP contribution in [0.1, 0.15) is 63.4 Å². The number of aliphatic hydroxyl groups excluding tert-OH is 1. The molecule has 0 aromatic heterocycles. The molecule has 37 heavy (non-hydrogen) atoms. The van der Waals surface area contributed by atoms with Gasteiger partial charge in [-0.1, -0.05) is 50.3 Å². The molecule has 3 aliphatic rings. The molecule has 1 aliphatic heterocycles. The molecule has 3 unspecified atom stereocenters. The largest absolute Gasteiger partial charge is 0.457 e. The number of carbonyl (C=O) groups excluding carboxylic acids is 1. The lowest BCUT2D eigenvalue weighted by atomic mass is 9.83. The maximum absolute atomic E-state index is 12.7. The molecule has 8 nitrogen and oxygen atoms in total. The summed E-state index contributed by atoms with van der Waals surface area (Å²) in [6.45, 7) is 0.801. The maximum atomic E-state index is 12.7. The minimum Gasteiger partial charge on any atom is -0.457 e. The van der Waals surface area contributed by atoms with Gasteiger partial charge < -0.3 is 30.5 Å². The SMILES string of the molecule is NC1=Nc2ccc(Oc3ccccc3)cc2CN1C(COC(=O)NC1CCCCC1O)C1CCCCC1. The first-order valence-corrected chi connectivity index (χ1v) is 13.6. The number of benzene rings is 2. The van der Waals surface area contributed by atoms with Gasteiger partial charge >= 0.3 is 6.09 Å². The molecule has 198 valence electrons. The van der Waals surface area contributed by atoms with Crippen molar-refractivity contribution in [2.24, 2.45) is 16.6 Å². The van der Waals surface area contributed by atoms with E-state index in [9.17, 15) is 9.90 Å². The first-order valence-electron chi connectivity index (χ1n) is 13.6. The second kappa shape index (κ2) is 11.9. The van der Waals surface area contributed by atoms with Crippen molar-refractivity contribution in [2.45, 2.75) is 82.5 Å². The fourth-order valence-electron chi connectivity index (χ4n) is 5.86. The number of nitrogens with zero attached hydrogens (tertiary/aromatic N) is 2. The summed E-state index contributed by atoms with van der Waals surface area (Å²) in [5.41, 5.74) is 8.35. The average Bonchev–Trinajstić information content (AvgIpc) is 2.92. The Morgan fingerprint density at radius 2 is 1.78 bits per heavy atom. The molecule has 0 bridgehead atoms. The van der Waals surface area contributed by atoms with E-state index in [1.807, 2.05) is 48.5 Å². The third-order valence-electron chi connectivity index (χ3n) is 7.91. The molecule has 2 aromatic rings. The summed E-state index contributed by atoms with van der Waals surface area (Å²) >= 11 is 0. The summed E-state index contributed by atoms with van der Waals surface area (Å²) in [6.07, 6.45) is 8.21. The van der Waals surface area contributed by atoms with E-state index in [0.717, 1.165) is 67.7 Å². The number of nitrogens with one attached hydrogen (secondary N) is 1. The second-order valence-electron chi connectivity index (χ2n) is 10.5. The number of nitrogens with two attached hydrogens (primary N) is 1. The standard InChI is InChI=1S/C29H38N4O4/c30-28-31-24-16-15-23(37-22-11-5-2-6-12-22)17-21(24)18-33(28)26(20-9-3-1-4-10-20)19-36-29(35)32-25-13-7-8-14-27(25)34/h2,5-6,11-12,15-17,20,25-27,34H,1,3-4,7-10,13-14,18-19H2,(H2,30,31)(H,32,35). The van der Waals surface area contributed by atoms with Crippen LogP contribution in [0, 0.1) is 5.92 Å². The number of amides is 1. The monoisotopic (exact) mass is 506 g/mol. The molecule has 2 aliphatic carbocycles. The zero-order chi connectivity index (χ0) is 25.6. The minimum absolute atomic E-state index is 0.0714. The highest BCUT2D eigenvalue weighted by molar-refractivity contribution is 5.84. The molecule has 0 spiro atoms. The molecule has 3 atom stereocenters. The van der Waals surface area contributed by atoms with Crippen LogP contribution in [0.5, 0.6) is 11.5 Å². The smallest absolute Gasteiger partial charge is 0.407 e. The van der Waals surface area contributed by atoms with E-state index in [-0.39, 0.29) is 18.7 Å². The third kappa shape index (κ3) is 6.36. The van der Waals surface area contributed by atoms with Crippen molar-refractivity contribution in [3.8, 4) is 11.5 Å². The summed E-state index contributed by atoms with van der Waals surface area (Å²) in [4.78, 5) is 19.5. The van der Waals surface area contributed by atoms with Crippen molar-refractivity contribution in [2.75, 3.05) is 6.61 Å². The van der Waals surface area contributed by atoms with E-state index in [0.29, 0.717) is 24.8 Å². The molecule has 4 N–H and O–H groups in total. The highest BCUT2D eigenvalue weighted by atomic mass is 16.5. The van der Waals surface area contributed by atoms with Crippen LogP contribution in [0.15, 0.2) is 53.5 Å². The molecular formula is C29H38N4O4. The van der Waals surface area contributed by atoms with Gasteiger partial charge in [0.05, 0.1) is 23.9 Å². The molecule has 2 aromatic carbocycles. The number of fused-ring (bicyclic) bond motifs is 1. The highest BCUT2D eigenvalue weighted by Crippen LogP contribution is 2.35. The molecule has 0 radical (unpaired) electrons. The van der Waals surface area contributed by atoms with Crippen molar-refractivity contribution >= 4 is 17.7 Å². The molecule has 1 heterocycles. The minimum atomic E-state index is -0.510. The zero-order valence-corrected chi connectivity index (χ0v) is 21.4. The Morgan fingerprint density at radius 1 is 1.03 bits per heavy atom. The van der Waals surface area contributed by atoms with Crippen LogP contribution in [0.4, 0.5) is 10.5 Å². The van der Waals surface area contributed by atoms with Gasteiger partial charge in [-0.2, -0.15) is 0 Å². The van der Waals surface area contributed by atoms with Crippen LogP contribution < -0.4 is 15.8 Å². The lowest BCUT2D eigenvalue weighted by molar-refractivity contribution is 0.0586. The van der Waals surface area contributed by atoms with E-state index >= 15 is 0 Å². The normalized spacial score (nSPS) is 22.9. The number of guanidine groups is 1. The van der Waals surface area contributed by atoms with E-state index in [2.05, 4.69) is 10.2 Å². The Kier molecular flexibility index (Phi) is 8.14. The molecule has 1 amide bonds. The topological polar surface area (TPSA) is 109 Å². The van der Waals surface area contributed by atoms with Crippen molar-refractivity contribution in [1.29, 1.82) is 0 Å². The van der Waals surface area contributed by atoms with Gasteiger partial charge in [0.1, 0.15) is 18.1 Å². The van der Waals surface area contributed by atoms with Crippen LogP contribution in [0.3, 0.4) is 0 Å². The third-order valence-corrected chi connectivity index (χ3v) is 7.91. The Morgan fingerprint density at radius 3 is 2.57 bits per heavy atom. The van der Waals surface area contributed by atoms with Crippen LogP contribution in [0.2, 0.25) is 0 Å². The van der Waals surface area contributed by atoms with Gasteiger partial charge in [-0.3, -0.25) is 0 Å². The Hall–Kier alpha value is -3.26. The number of para-hydroxylation sites is 1. The lowest BCUT2D eigenvalue weighted by Crippen LogP contribution is -2.52. The summed E-state index contributed by atoms with van der Waals surface area (Å²) in [5.74, 6) is 2.34. The van der Waals surface area contributed by atoms with Gasteiger partial charge in [-0.05, 0) is 61.9 Å². The Bertz CT molecular complexity index is 1090. The van der Waals surface area contributed by atoms with Crippen molar-refractivity contribution in [3.63, 3.8) is 0 Å². The van der Waals surface area contributed by atoms with Gasteiger partial charge in [-0.25, -0.2) is 9.79 Å². The average molecular weight is 507 g/mol. The van der Waals surface area contributed by atoms with Crippen molar-refractivity contribution in [1.82, 2.24) is 10.2 Å². The number of hydrogen-bond donors (Lipinski definition) is 3. The van der Waals surface area contributed by atoms with Crippen LogP contribution in [-0.4, -0.2) is 46.9 Å². The van der Waals surface area contributed by atoms with Crippen LogP contribution in [0.25, 0.3) is 0 Å². The van der Waals surface area contributed by atoms with Crippen molar-refractivity contribution < 1.29 is 19.4 Å². The first kappa shape index (κ1) is 25.4. The number of carbonyl (C=O) groups is 1. The highest BCUT2D eigenvalue weighted by Gasteiger charge is 2.34. The second-order valence-corrected chi connectivity index (χ2v) is 10.5. The van der Waals surface area contributed by atoms with E-state index in [1.165, 1.54) is 6.42 Å². The lowest BCUT2D eigenvalue weighted by Gasteiger charge is -2.40. The van der Waals surface area contributed by atoms with E-state index in [1.54, 1.807) is 0 Å². The first-order chi connectivity index (χ1) is 18.1. The van der Waals surface area contributed by atoms with Crippen molar-refractivity contribution in [3.05, 3.63) is 54.1 Å². The summed E-state index contributed by atoms with van der Waals surface area (Å²) < 4.78 is 11.8. The molecular weight excluding hydrogens is 468 g/mol. The van der Waals surface area contributed by atoms with E-state index < -0.39 is 12.2 Å². The summed E-state index contributed by atoms with van der Waals surface area (Å²) in [7, 11) is 0. The maximum Gasteiger partial charge on any atom is 0.407 e. The quantitative estimate of drug-likeness (QED) is 0.475. The predicted molar refractivity (Wildman–Crippen MR) is 143 cm³/mol. The molecule has 2 fully saturated rings. The van der Waals surface area contributed by atoms with E-state index in [4.69, 9.17) is 20.2 Å². The Balaban J connectivity index is 1.29. The Labute approximate surface area is 218 Å². The molecule has 2 saturated carbocycles. The molecule has 0 saturated heterocycles. The molecule has 5 rings (SSSR count). The van der Waals surface area contributed by atoms with Crippen LogP contribution in [-0.2, 0) is 11.3 Å². The van der Waals surface area contributed by atoms with Gasteiger partial charge in [0.15, 0.2) is 5.96 Å². The number of ether oxygens (including phenoxy) is 2. The number of hydrogen-bond acceptors (Lipinski definition) is 7. The van der Waals surface area contributed by atoms with Gasteiger partial charge in [0.25, 0.3) is 0 Å². The zero-order valence-electron chi connectivity index (χ0n) is 21.4. The number of aliphatic imine (C=N–C) groups is 1. The molecule has 8 heteroatoms. The van der Waals surface area contributed by atoms with Gasteiger partial charge in [0, 0.05) is 12.1 Å². The van der Waals surface area contributed by atoms with Gasteiger partial charge in [-0.15, -0.1) is 0 Å². The number of rotatable bonds is 7. The summed E-state index contributed by atoms with van der Waals surface area (Å²) in [6, 6.07) is 15.2. The fraction of sp³-hybridized carbons (Fsp3) is 0.517. The number of alkyl carbamates (subject to hydrolysis) is 1. The summed E-state index contributed by atoms with van der Waals surface area (Å²) in [5, 5.41) is 13.1. The fourth-order valence-corrected chi connectivity index (χ4v) is 5.86. The van der Waals surface area contributed by atoms with Crippen LogP contribution >= 0.6 is 0 Å². The van der Waals surface area contributed by atoms with Gasteiger partial charge in [0.2, 0.25) is 0 Å². The number of aliphatic hydroxyl groups is 1.